The monoisotopic (exact) mass is 240 g/mol. The molecule has 2 heterocycles. The molecular formula is C10H16N4O3. The highest BCUT2D eigenvalue weighted by Gasteiger charge is 2.29. The fourth-order valence-electron chi connectivity index (χ4n) is 1.78. The lowest BCUT2D eigenvalue weighted by Gasteiger charge is -2.09. The second kappa shape index (κ2) is 5.24. The van der Waals surface area contributed by atoms with Gasteiger partial charge in [0, 0.05) is 13.7 Å². The number of ether oxygens (including phenoxy) is 1. The summed E-state index contributed by atoms with van der Waals surface area (Å²) >= 11 is 0. The number of aryl methyl sites for hydroxylation is 1. The van der Waals surface area contributed by atoms with Crippen LogP contribution in [0.4, 0.5) is 0 Å². The lowest BCUT2D eigenvalue weighted by atomic mass is 10.2. The second-order valence-electron chi connectivity index (χ2n) is 4.01. The van der Waals surface area contributed by atoms with E-state index in [1.165, 1.54) is 0 Å². The minimum atomic E-state index is -0.205. The molecule has 1 aliphatic rings. The Kier molecular flexibility index (Phi) is 3.70. The molecule has 1 saturated heterocycles. The number of rotatable bonds is 4. The summed E-state index contributed by atoms with van der Waals surface area (Å²) in [4.78, 5) is 15.8. The number of carbonyl (C=O) groups is 1. The molecule has 1 amide bonds. The maximum absolute atomic E-state index is 11.8. The van der Waals surface area contributed by atoms with Gasteiger partial charge in [-0.1, -0.05) is 5.16 Å². The summed E-state index contributed by atoms with van der Waals surface area (Å²) in [6, 6.07) is -0.205. The van der Waals surface area contributed by atoms with E-state index >= 15 is 0 Å². The maximum atomic E-state index is 11.8. The zero-order chi connectivity index (χ0) is 12.3. The molecule has 2 atom stereocenters. The molecule has 0 saturated carbocycles. The van der Waals surface area contributed by atoms with E-state index in [0.717, 1.165) is 0 Å². The van der Waals surface area contributed by atoms with Gasteiger partial charge in [0.15, 0.2) is 5.82 Å². The van der Waals surface area contributed by atoms with Crippen LogP contribution >= 0.6 is 0 Å². The van der Waals surface area contributed by atoms with Crippen molar-refractivity contribution in [3.05, 3.63) is 11.7 Å². The molecule has 0 bridgehead atoms. The SMILES string of the molecule is COC1CNC(C(=O)NCc2nc(C)no2)C1. The highest BCUT2D eigenvalue weighted by molar-refractivity contribution is 5.82. The smallest absolute Gasteiger partial charge is 0.246 e. The van der Waals surface area contributed by atoms with Gasteiger partial charge in [-0.2, -0.15) is 4.98 Å². The van der Waals surface area contributed by atoms with E-state index in [4.69, 9.17) is 9.26 Å². The molecule has 7 nitrogen and oxygen atoms in total. The molecule has 1 aromatic heterocycles. The number of aromatic nitrogens is 2. The van der Waals surface area contributed by atoms with Crippen LogP contribution in [-0.4, -0.2) is 41.8 Å². The number of hydrogen-bond acceptors (Lipinski definition) is 6. The Hall–Kier alpha value is -1.47. The van der Waals surface area contributed by atoms with Gasteiger partial charge in [-0.15, -0.1) is 0 Å². The summed E-state index contributed by atoms with van der Waals surface area (Å²) in [5, 5.41) is 9.49. The summed E-state index contributed by atoms with van der Waals surface area (Å²) in [5.74, 6) is 0.908. The average molecular weight is 240 g/mol. The number of hydrogen-bond donors (Lipinski definition) is 2. The first-order valence-electron chi connectivity index (χ1n) is 5.52. The molecule has 1 aliphatic heterocycles. The fourth-order valence-corrected chi connectivity index (χ4v) is 1.78. The topological polar surface area (TPSA) is 89.3 Å². The third kappa shape index (κ3) is 3.01. The molecule has 0 aliphatic carbocycles. The Bertz CT molecular complexity index is 393. The summed E-state index contributed by atoms with van der Waals surface area (Å²) < 4.78 is 10.1. The highest BCUT2D eigenvalue weighted by Crippen LogP contribution is 2.09. The number of nitrogens with one attached hydrogen (secondary N) is 2. The van der Waals surface area contributed by atoms with Gasteiger partial charge in [0.2, 0.25) is 11.8 Å². The summed E-state index contributed by atoms with van der Waals surface area (Å²) in [7, 11) is 1.65. The van der Waals surface area contributed by atoms with Gasteiger partial charge in [-0.25, -0.2) is 0 Å². The first kappa shape index (κ1) is 12.0. The molecule has 2 unspecified atom stereocenters. The van der Waals surface area contributed by atoms with Crippen molar-refractivity contribution in [2.75, 3.05) is 13.7 Å². The quantitative estimate of drug-likeness (QED) is 0.728. The third-order valence-electron chi connectivity index (χ3n) is 2.72. The van der Waals surface area contributed by atoms with E-state index < -0.39 is 0 Å². The Morgan fingerprint density at radius 1 is 1.71 bits per heavy atom. The van der Waals surface area contributed by atoms with E-state index in [-0.39, 0.29) is 24.6 Å². The van der Waals surface area contributed by atoms with Gasteiger partial charge in [0.1, 0.15) is 0 Å². The standard InChI is InChI=1S/C10H16N4O3/c1-6-13-9(17-14-6)5-12-10(15)8-3-7(16-2)4-11-8/h7-8,11H,3-5H2,1-2H3,(H,12,15). The molecule has 17 heavy (non-hydrogen) atoms. The lowest BCUT2D eigenvalue weighted by Crippen LogP contribution is -2.40. The van der Waals surface area contributed by atoms with Crippen molar-refractivity contribution in [2.45, 2.75) is 32.0 Å². The first-order chi connectivity index (χ1) is 8.19. The molecule has 2 rings (SSSR count). The minimum Gasteiger partial charge on any atom is -0.380 e. The van der Waals surface area contributed by atoms with E-state index in [9.17, 15) is 4.79 Å². The van der Waals surface area contributed by atoms with Crippen LogP contribution in [-0.2, 0) is 16.1 Å². The van der Waals surface area contributed by atoms with Gasteiger partial charge < -0.3 is 19.9 Å². The zero-order valence-electron chi connectivity index (χ0n) is 9.90. The van der Waals surface area contributed by atoms with Crippen molar-refractivity contribution in [3.8, 4) is 0 Å². The van der Waals surface area contributed by atoms with E-state index in [0.29, 0.717) is 24.7 Å². The van der Waals surface area contributed by atoms with Crippen molar-refractivity contribution in [3.63, 3.8) is 0 Å². The predicted molar refractivity (Wildman–Crippen MR) is 58.1 cm³/mol. The molecule has 1 fully saturated rings. The van der Waals surface area contributed by atoms with Gasteiger partial charge in [-0.05, 0) is 13.3 Å². The van der Waals surface area contributed by atoms with Crippen molar-refractivity contribution in [1.29, 1.82) is 0 Å². The molecule has 1 aromatic rings. The minimum absolute atomic E-state index is 0.0691. The van der Waals surface area contributed by atoms with E-state index in [2.05, 4.69) is 20.8 Å². The second-order valence-corrected chi connectivity index (χ2v) is 4.01. The summed E-state index contributed by atoms with van der Waals surface area (Å²) in [6.07, 6.45) is 0.793. The van der Waals surface area contributed by atoms with Gasteiger partial charge in [0.25, 0.3) is 0 Å². The highest BCUT2D eigenvalue weighted by atomic mass is 16.5. The van der Waals surface area contributed by atoms with Crippen molar-refractivity contribution in [1.82, 2.24) is 20.8 Å². The van der Waals surface area contributed by atoms with Gasteiger partial charge in [0.05, 0.1) is 18.7 Å². The largest absolute Gasteiger partial charge is 0.380 e. The summed E-state index contributed by atoms with van der Waals surface area (Å²) in [5.41, 5.74) is 0. The van der Waals surface area contributed by atoms with Crippen molar-refractivity contribution >= 4 is 5.91 Å². The van der Waals surface area contributed by atoms with Gasteiger partial charge in [-0.3, -0.25) is 4.79 Å². The Morgan fingerprint density at radius 2 is 2.53 bits per heavy atom. The van der Waals surface area contributed by atoms with Crippen molar-refractivity contribution < 1.29 is 14.1 Å². The number of methoxy groups -OCH3 is 1. The number of nitrogens with zero attached hydrogens (tertiary/aromatic N) is 2. The normalized spacial score (nSPS) is 23.9. The molecule has 7 heteroatoms. The predicted octanol–water partition coefficient (Wildman–Crippen LogP) is -0.629. The van der Waals surface area contributed by atoms with Crippen LogP contribution in [0.25, 0.3) is 0 Å². The van der Waals surface area contributed by atoms with Crippen LogP contribution in [0.3, 0.4) is 0 Å². The Morgan fingerprint density at radius 3 is 3.12 bits per heavy atom. The molecule has 0 aromatic carbocycles. The van der Waals surface area contributed by atoms with Crippen molar-refractivity contribution in [2.24, 2.45) is 0 Å². The van der Waals surface area contributed by atoms with E-state index in [1.807, 2.05) is 0 Å². The van der Waals surface area contributed by atoms with Crippen LogP contribution in [0.2, 0.25) is 0 Å². The number of amides is 1. The Labute approximate surface area is 98.9 Å². The average Bonchev–Trinajstić information content (AvgIpc) is 2.94. The van der Waals surface area contributed by atoms with Crippen LogP contribution in [0.5, 0.6) is 0 Å². The molecule has 2 N–H and O–H groups in total. The molecular weight excluding hydrogens is 224 g/mol. The Balaban J connectivity index is 1.78. The fraction of sp³-hybridized carbons (Fsp3) is 0.700. The van der Waals surface area contributed by atoms with Gasteiger partial charge >= 0.3 is 0 Å². The van der Waals surface area contributed by atoms with E-state index in [1.54, 1.807) is 14.0 Å². The van der Waals surface area contributed by atoms with Crippen LogP contribution in [0.15, 0.2) is 4.52 Å². The number of carbonyl (C=O) groups excluding carboxylic acids is 1. The lowest BCUT2D eigenvalue weighted by molar-refractivity contribution is -0.123. The third-order valence-corrected chi connectivity index (χ3v) is 2.72. The molecule has 94 valence electrons. The van der Waals surface area contributed by atoms with Crippen LogP contribution in [0, 0.1) is 6.92 Å². The molecule has 0 radical (unpaired) electrons. The van der Waals surface area contributed by atoms with Crippen LogP contribution < -0.4 is 10.6 Å². The first-order valence-corrected chi connectivity index (χ1v) is 5.52. The van der Waals surface area contributed by atoms with Crippen LogP contribution in [0.1, 0.15) is 18.1 Å². The maximum Gasteiger partial charge on any atom is 0.246 e. The zero-order valence-corrected chi connectivity index (χ0v) is 9.90. The molecule has 0 spiro atoms. The summed E-state index contributed by atoms with van der Waals surface area (Å²) in [6.45, 7) is 2.69.